The van der Waals surface area contributed by atoms with Crippen molar-refractivity contribution in [1.82, 2.24) is 10.6 Å². The van der Waals surface area contributed by atoms with Crippen molar-refractivity contribution in [2.45, 2.75) is 135 Å². The number of carboxylic acids is 1. The molecule has 0 unspecified atom stereocenters. The third-order valence-electron chi connectivity index (χ3n) is 7.04. The van der Waals surface area contributed by atoms with Gasteiger partial charge < -0.3 is 26.2 Å². The van der Waals surface area contributed by atoms with E-state index in [1.165, 1.54) is 51.4 Å². The fourth-order valence-electron chi connectivity index (χ4n) is 4.79. The van der Waals surface area contributed by atoms with E-state index in [4.69, 9.17) is 15.6 Å². The standard InChI is InChI=1S/C28H51N3O6.ClH/c1-2-3-4-5-6-7-8-9-10-11-12-14-23(21-25(29)32)37-28(36)24(15-13-16-26(33)34)31-27(35)22-17-19-30-20-18-22;/h22-24,30H,2-21H2,1H3,(H2,29,32)(H,31,35)(H,33,34);1H/t23-,24-;/m0./s1. The number of hydrogen-bond acceptors (Lipinski definition) is 6. The number of carbonyl (C=O) groups excluding carboxylic acids is 3. The van der Waals surface area contributed by atoms with Crippen LogP contribution in [-0.4, -0.2) is 54.1 Å². The predicted octanol–water partition coefficient (Wildman–Crippen LogP) is 4.64. The molecule has 2 amide bonds. The Morgan fingerprint density at radius 3 is 1.97 bits per heavy atom. The number of unbranched alkanes of at least 4 members (excludes halogenated alkanes) is 10. The first kappa shape index (κ1) is 36.1. The summed E-state index contributed by atoms with van der Waals surface area (Å²) >= 11 is 0. The van der Waals surface area contributed by atoms with E-state index >= 15 is 0 Å². The number of piperidine rings is 1. The molecule has 0 bridgehead atoms. The second kappa shape index (κ2) is 23.1. The molecule has 0 radical (unpaired) electrons. The van der Waals surface area contributed by atoms with Crippen LogP contribution in [0, 0.1) is 5.92 Å². The molecule has 0 saturated carbocycles. The highest BCUT2D eigenvalue weighted by Gasteiger charge is 2.29. The lowest BCUT2D eigenvalue weighted by molar-refractivity contribution is -0.155. The highest BCUT2D eigenvalue weighted by Crippen LogP contribution is 2.17. The number of carboxylic acid groups (broad SMARTS) is 1. The van der Waals surface area contributed by atoms with Gasteiger partial charge in [-0.05, 0) is 51.6 Å². The molecule has 1 aliphatic heterocycles. The maximum absolute atomic E-state index is 13.0. The molecule has 0 aromatic heterocycles. The van der Waals surface area contributed by atoms with Gasteiger partial charge in [-0.25, -0.2) is 4.79 Å². The van der Waals surface area contributed by atoms with E-state index in [1.54, 1.807) is 0 Å². The van der Waals surface area contributed by atoms with Crippen LogP contribution in [0.1, 0.15) is 122 Å². The van der Waals surface area contributed by atoms with Gasteiger partial charge in [-0.15, -0.1) is 12.4 Å². The molecule has 222 valence electrons. The van der Waals surface area contributed by atoms with Crippen molar-refractivity contribution in [2.24, 2.45) is 11.7 Å². The van der Waals surface area contributed by atoms with Crippen molar-refractivity contribution < 1.29 is 29.0 Å². The molecule has 0 spiro atoms. The molecular weight excluding hydrogens is 510 g/mol. The lowest BCUT2D eigenvalue weighted by Crippen LogP contribution is -2.47. The van der Waals surface area contributed by atoms with Crippen molar-refractivity contribution in [3.8, 4) is 0 Å². The number of amides is 2. The molecule has 1 saturated heterocycles. The summed E-state index contributed by atoms with van der Waals surface area (Å²) in [6, 6.07) is -0.936. The molecule has 0 aromatic carbocycles. The number of nitrogens with two attached hydrogens (primary N) is 1. The van der Waals surface area contributed by atoms with Crippen LogP contribution in [0.4, 0.5) is 0 Å². The van der Waals surface area contributed by atoms with Crippen LogP contribution in [0.3, 0.4) is 0 Å². The maximum Gasteiger partial charge on any atom is 0.328 e. The average Bonchev–Trinajstić information content (AvgIpc) is 2.86. The van der Waals surface area contributed by atoms with Crippen LogP contribution in [0.2, 0.25) is 0 Å². The van der Waals surface area contributed by atoms with E-state index in [9.17, 15) is 19.2 Å². The van der Waals surface area contributed by atoms with Crippen LogP contribution in [-0.2, 0) is 23.9 Å². The van der Waals surface area contributed by atoms with Gasteiger partial charge in [-0.2, -0.15) is 0 Å². The summed E-state index contributed by atoms with van der Waals surface area (Å²) in [4.78, 5) is 48.2. The van der Waals surface area contributed by atoms with Gasteiger partial charge in [0.05, 0.1) is 6.42 Å². The average molecular weight is 562 g/mol. The molecule has 0 aromatic rings. The zero-order valence-corrected chi connectivity index (χ0v) is 24.2. The van der Waals surface area contributed by atoms with Crippen molar-refractivity contribution in [2.75, 3.05) is 13.1 Å². The number of esters is 1. The Balaban J connectivity index is 0.0000137. The van der Waals surface area contributed by atoms with Gasteiger partial charge in [0.1, 0.15) is 12.1 Å². The van der Waals surface area contributed by atoms with Crippen LogP contribution < -0.4 is 16.4 Å². The smallest absolute Gasteiger partial charge is 0.328 e. The van der Waals surface area contributed by atoms with E-state index < -0.39 is 30.0 Å². The van der Waals surface area contributed by atoms with Crippen molar-refractivity contribution in [1.29, 1.82) is 0 Å². The van der Waals surface area contributed by atoms with Crippen LogP contribution in [0.5, 0.6) is 0 Å². The number of rotatable bonds is 22. The molecular formula is C28H52ClN3O6. The second-order valence-corrected chi connectivity index (χ2v) is 10.4. The topological polar surface area (TPSA) is 148 Å². The Hall–Kier alpha value is -1.87. The number of ether oxygens (including phenoxy) is 1. The summed E-state index contributed by atoms with van der Waals surface area (Å²) in [6.45, 7) is 3.71. The van der Waals surface area contributed by atoms with Crippen molar-refractivity contribution in [3.63, 3.8) is 0 Å². The lowest BCUT2D eigenvalue weighted by atomic mass is 9.96. The van der Waals surface area contributed by atoms with E-state index in [-0.39, 0.29) is 49.9 Å². The molecule has 1 rings (SSSR count). The summed E-state index contributed by atoms with van der Waals surface area (Å²) in [5.74, 6) is -2.52. The van der Waals surface area contributed by atoms with Gasteiger partial charge in [0.25, 0.3) is 0 Å². The van der Waals surface area contributed by atoms with Gasteiger partial charge in [0.2, 0.25) is 11.8 Å². The van der Waals surface area contributed by atoms with Gasteiger partial charge >= 0.3 is 11.9 Å². The Morgan fingerprint density at radius 1 is 0.895 bits per heavy atom. The summed E-state index contributed by atoms with van der Waals surface area (Å²) in [5.41, 5.74) is 5.39. The lowest BCUT2D eigenvalue weighted by Gasteiger charge is -2.26. The minimum absolute atomic E-state index is 0. The number of primary amides is 1. The summed E-state index contributed by atoms with van der Waals surface area (Å²) in [6.07, 6.45) is 14.7. The molecule has 5 N–H and O–H groups in total. The first-order chi connectivity index (χ1) is 17.8. The minimum atomic E-state index is -0.958. The molecule has 0 aliphatic carbocycles. The van der Waals surface area contributed by atoms with E-state index in [2.05, 4.69) is 17.6 Å². The highest BCUT2D eigenvalue weighted by atomic mass is 35.5. The number of carbonyl (C=O) groups is 4. The highest BCUT2D eigenvalue weighted by molar-refractivity contribution is 5.86. The maximum atomic E-state index is 13.0. The van der Waals surface area contributed by atoms with Gasteiger partial charge in [0.15, 0.2) is 0 Å². The first-order valence-corrected chi connectivity index (χ1v) is 14.5. The molecule has 9 nitrogen and oxygen atoms in total. The fourth-order valence-corrected chi connectivity index (χ4v) is 4.79. The Kier molecular flexibility index (Phi) is 21.9. The molecule has 1 fully saturated rings. The zero-order chi connectivity index (χ0) is 27.3. The third-order valence-corrected chi connectivity index (χ3v) is 7.04. The molecule has 1 aliphatic rings. The minimum Gasteiger partial charge on any atom is -0.481 e. The molecule has 10 heteroatoms. The quantitative estimate of drug-likeness (QED) is 0.111. The largest absolute Gasteiger partial charge is 0.481 e. The number of aliphatic carboxylic acids is 1. The fraction of sp³-hybridized carbons (Fsp3) is 0.857. The summed E-state index contributed by atoms with van der Waals surface area (Å²) in [7, 11) is 0. The van der Waals surface area contributed by atoms with E-state index in [0.717, 1.165) is 32.4 Å². The van der Waals surface area contributed by atoms with Crippen LogP contribution in [0.25, 0.3) is 0 Å². The van der Waals surface area contributed by atoms with Crippen molar-refractivity contribution >= 4 is 36.2 Å². The predicted molar refractivity (Wildman–Crippen MR) is 151 cm³/mol. The summed E-state index contributed by atoms with van der Waals surface area (Å²) < 4.78 is 5.65. The number of nitrogens with one attached hydrogen (secondary N) is 2. The summed E-state index contributed by atoms with van der Waals surface area (Å²) in [5, 5.41) is 14.9. The normalized spacial score (nSPS) is 15.2. The first-order valence-electron chi connectivity index (χ1n) is 14.5. The van der Waals surface area contributed by atoms with E-state index in [0.29, 0.717) is 19.3 Å². The van der Waals surface area contributed by atoms with E-state index in [1.807, 2.05) is 0 Å². The van der Waals surface area contributed by atoms with Crippen LogP contribution in [0.15, 0.2) is 0 Å². The molecule has 2 atom stereocenters. The van der Waals surface area contributed by atoms with Crippen LogP contribution >= 0.6 is 12.4 Å². The Labute approximate surface area is 235 Å². The zero-order valence-electron chi connectivity index (χ0n) is 23.3. The van der Waals surface area contributed by atoms with Crippen molar-refractivity contribution in [3.05, 3.63) is 0 Å². The second-order valence-electron chi connectivity index (χ2n) is 10.4. The van der Waals surface area contributed by atoms with Gasteiger partial charge in [0, 0.05) is 12.3 Å². The van der Waals surface area contributed by atoms with Gasteiger partial charge in [-0.1, -0.05) is 71.1 Å². The van der Waals surface area contributed by atoms with Gasteiger partial charge in [-0.3, -0.25) is 14.4 Å². The number of hydrogen-bond donors (Lipinski definition) is 4. The molecule has 1 heterocycles. The molecule has 38 heavy (non-hydrogen) atoms. The Bertz CT molecular complexity index is 673. The third kappa shape index (κ3) is 18.4. The Morgan fingerprint density at radius 2 is 1.45 bits per heavy atom. The SMILES string of the molecule is CCCCCCCCCCCCC[C@@H](CC(N)=O)OC(=O)[C@H](CCCC(=O)O)NC(=O)C1CCNCC1.Cl. The monoisotopic (exact) mass is 561 g/mol. The number of halogens is 1.